The maximum atomic E-state index is 4.35. The molecule has 0 N–H and O–H groups in total. The SMILES string of the molecule is c1ccc2c(c1)c1cnccc1n2CCCCCCCn1c2ccccc2c2cnccc21. The second-order valence-corrected chi connectivity index (χ2v) is 8.89. The molecule has 33 heavy (non-hydrogen) atoms. The van der Waals surface area contributed by atoms with Gasteiger partial charge < -0.3 is 9.13 Å². The Morgan fingerprint density at radius 1 is 0.455 bits per heavy atom. The average Bonchev–Trinajstić information content (AvgIpc) is 3.37. The number of aromatic nitrogens is 4. The number of aryl methyl sites for hydroxylation is 2. The molecule has 6 rings (SSSR count). The lowest BCUT2D eigenvalue weighted by Gasteiger charge is -2.09. The predicted octanol–water partition coefficient (Wildman–Crippen LogP) is 7.34. The molecule has 4 heteroatoms. The van der Waals surface area contributed by atoms with Crippen LogP contribution in [0.3, 0.4) is 0 Å². The Hall–Kier alpha value is -3.66. The Bertz CT molecular complexity index is 1330. The van der Waals surface area contributed by atoms with Gasteiger partial charge in [-0.15, -0.1) is 0 Å². The van der Waals surface area contributed by atoms with Crippen molar-refractivity contribution in [3.63, 3.8) is 0 Å². The molecule has 4 nitrogen and oxygen atoms in total. The zero-order valence-electron chi connectivity index (χ0n) is 18.8. The van der Waals surface area contributed by atoms with E-state index in [1.807, 2.05) is 24.8 Å². The summed E-state index contributed by atoms with van der Waals surface area (Å²) in [6, 6.07) is 21.7. The van der Waals surface area contributed by atoms with Crippen LogP contribution in [0.1, 0.15) is 32.1 Å². The molecule has 0 aliphatic heterocycles. The number of fused-ring (bicyclic) bond motifs is 6. The molecule has 0 atom stereocenters. The lowest BCUT2D eigenvalue weighted by Crippen LogP contribution is -1.99. The second kappa shape index (κ2) is 8.70. The molecule has 0 saturated heterocycles. The summed E-state index contributed by atoms with van der Waals surface area (Å²) >= 11 is 0. The van der Waals surface area contributed by atoms with E-state index in [1.54, 1.807) is 0 Å². The number of hydrogen-bond donors (Lipinski definition) is 0. The molecule has 0 saturated carbocycles. The van der Waals surface area contributed by atoms with Gasteiger partial charge in [-0.2, -0.15) is 0 Å². The Balaban J connectivity index is 1.08. The number of benzene rings is 2. The van der Waals surface area contributed by atoms with Crippen molar-refractivity contribution in [3.8, 4) is 0 Å². The number of pyridine rings is 2. The van der Waals surface area contributed by atoms with Crippen LogP contribution < -0.4 is 0 Å². The molecule has 0 aliphatic carbocycles. The van der Waals surface area contributed by atoms with Crippen molar-refractivity contribution >= 4 is 43.6 Å². The number of para-hydroxylation sites is 2. The van der Waals surface area contributed by atoms with Gasteiger partial charge >= 0.3 is 0 Å². The second-order valence-electron chi connectivity index (χ2n) is 8.89. The van der Waals surface area contributed by atoms with Crippen molar-refractivity contribution in [2.75, 3.05) is 0 Å². The molecular formula is C29H28N4. The van der Waals surface area contributed by atoms with E-state index in [0.717, 1.165) is 13.1 Å². The average molecular weight is 433 g/mol. The molecule has 0 spiro atoms. The minimum Gasteiger partial charge on any atom is -0.340 e. The molecule has 0 amide bonds. The van der Waals surface area contributed by atoms with Crippen LogP contribution >= 0.6 is 0 Å². The van der Waals surface area contributed by atoms with Crippen LogP contribution in [0.2, 0.25) is 0 Å². The Morgan fingerprint density at radius 3 is 1.39 bits per heavy atom. The molecule has 4 heterocycles. The highest BCUT2D eigenvalue weighted by Gasteiger charge is 2.11. The molecule has 4 aromatic heterocycles. The molecule has 0 bridgehead atoms. The minimum absolute atomic E-state index is 1.06. The van der Waals surface area contributed by atoms with E-state index in [9.17, 15) is 0 Å². The first-order chi connectivity index (χ1) is 16.4. The monoisotopic (exact) mass is 432 g/mol. The summed E-state index contributed by atoms with van der Waals surface area (Å²) < 4.78 is 4.94. The van der Waals surface area contributed by atoms with E-state index in [-0.39, 0.29) is 0 Å². The summed E-state index contributed by atoms with van der Waals surface area (Å²) in [4.78, 5) is 8.69. The lowest BCUT2D eigenvalue weighted by atomic mass is 10.1. The fraction of sp³-hybridized carbons (Fsp3) is 0.241. The molecule has 0 unspecified atom stereocenters. The van der Waals surface area contributed by atoms with Gasteiger partial charge in [0.2, 0.25) is 0 Å². The van der Waals surface area contributed by atoms with Gasteiger partial charge in [0.05, 0.1) is 11.0 Å². The van der Waals surface area contributed by atoms with Crippen molar-refractivity contribution in [2.24, 2.45) is 0 Å². The Kier molecular flexibility index (Phi) is 5.27. The van der Waals surface area contributed by atoms with Gasteiger partial charge in [0.1, 0.15) is 0 Å². The van der Waals surface area contributed by atoms with Crippen molar-refractivity contribution in [1.29, 1.82) is 0 Å². The van der Waals surface area contributed by atoms with E-state index >= 15 is 0 Å². The summed E-state index contributed by atoms with van der Waals surface area (Å²) in [6.07, 6.45) is 14.0. The third-order valence-corrected chi connectivity index (χ3v) is 6.91. The summed E-state index contributed by atoms with van der Waals surface area (Å²) in [5, 5.41) is 5.13. The van der Waals surface area contributed by atoms with Crippen LogP contribution in [0, 0.1) is 0 Å². The van der Waals surface area contributed by atoms with E-state index < -0.39 is 0 Å². The predicted molar refractivity (Wildman–Crippen MR) is 138 cm³/mol. The summed E-state index contributed by atoms with van der Waals surface area (Å²) in [7, 11) is 0. The van der Waals surface area contributed by atoms with Crippen molar-refractivity contribution in [1.82, 2.24) is 19.1 Å². The van der Waals surface area contributed by atoms with E-state index in [0.29, 0.717) is 0 Å². The van der Waals surface area contributed by atoms with Gasteiger partial charge in [0.15, 0.2) is 0 Å². The molecular weight excluding hydrogens is 404 g/mol. The molecule has 0 aliphatic rings. The number of hydrogen-bond acceptors (Lipinski definition) is 2. The van der Waals surface area contributed by atoms with Crippen LogP contribution in [-0.4, -0.2) is 19.1 Å². The number of rotatable bonds is 8. The molecule has 164 valence electrons. The first kappa shape index (κ1) is 20.0. The van der Waals surface area contributed by atoms with Crippen molar-refractivity contribution < 1.29 is 0 Å². The zero-order valence-corrected chi connectivity index (χ0v) is 18.8. The molecule has 0 radical (unpaired) electrons. The number of nitrogens with zero attached hydrogens (tertiary/aromatic N) is 4. The normalized spacial score (nSPS) is 11.9. The molecule has 6 aromatic rings. The van der Waals surface area contributed by atoms with Gasteiger partial charge in [-0.05, 0) is 37.1 Å². The standard InChI is InChI=1S/C29H28N4/c1(2-8-18-32-26-12-6-4-10-22(26)24-20-30-16-14-28(24)32)3-9-19-33-27-13-7-5-11-23(27)25-21-31-17-15-29(25)33/h4-7,10-17,20-21H,1-3,8-9,18-19H2. The van der Waals surface area contributed by atoms with Crippen LogP contribution in [0.15, 0.2) is 85.5 Å². The summed E-state index contributed by atoms with van der Waals surface area (Å²) in [5.74, 6) is 0. The minimum atomic E-state index is 1.06. The third-order valence-electron chi connectivity index (χ3n) is 6.91. The first-order valence-electron chi connectivity index (χ1n) is 12.0. The van der Waals surface area contributed by atoms with Gasteiger partial charge in [0.25, 0.3) is 0 Å². The van der Waals surface area contributed by atoms with Crippen molar-refractivity contribution in [3.05, 3.63) is 85.5 Å². The van der Waals surface area contributed by atoms with E-state index in [2.05, 4.69) is 79.8 Å². The smallest absolute Gasteiger partial charge is 0.0522 e. The fourth-order valence-corrected chi connectivity index (χ4v) is 5.35. The van der Waals surface area contributed by atoms with E-state index in [1.165, 1.54) is 75.7 Å². The van der Waals surface area contributed by atoms with Gasteiger partial charge in [-0.25, -0.2) is 0 Å². The molecule has 2 aromatic carbocycles. The maximum Gasteiger partial charge on any atom is 0.0522 e. The Labute approximate surface area is 193 Å². The van der Waals surface area contributed by atoms with Crippen LogP contribution in [0.25, 0.3) is 43.6 Å². The molecule has 0 fully saturated rings. The summed E-state index contributed by atoms with van der Waals surface area (Å²) in [5.41, 5.74) is 5.24. The quantitative estimate of drug-likeness (QED) is 0.236. The lowest BCUT2D eigenvalue weighted by molar-refractivity contribution is 0.551. The van der Waals surface area contributed by atoms with Gasteiger partial charge in [-0.1, -0.05) is 55.7 Å². The van der Waals surface area contributed by atoms with Crippen LogP contribution in [0.5, 0.6) is 0 Å². The Morgan fingerprint density at radius 2 is 0.879 bits per heavy atom. The highest BCUT2D eigenvalue weighted by atomic mass is 15.0. The van der Waals surface area contributed by atoms with Gasteiger partial charge in [-0.3, -0.25) is 9.97 Å². The summed E-state index contributed by atoms with van der Waals surface area (Å²) in [6.45, 7) is 2.13. The highest BCUT2D eigenvalue weighted by Crippen LogP contribution is 2.30. The van der Waals surface area contributed by atoms with Gasteiger partial charge in [0, 0.05) is 70.5 Å². The third kappa shape index (κ3) is 3.56. The first-order valence-corrected chi connectivity index (χ1v) is 12.0. The fourth-order valence-electron chi connectivity index (χ4n) is 5.35. The van der Waals surface area contributed by atoms with E-state index in [4.69, 9.17) is 0 Å². The highest BCUT2D eigenvalue weighted by molar-refractivity contribution is 6.08. The zero-order chi connectivity index (χ0) is 22.0. The van der Waals surface area contributed by atoms with Crippen molar-refractivity contribution in [2.45, 2.75) is 45.2 Å². The largest absolute Gasteiger partial charge is 0.340 e. The van der Waals surface area contributed by atoms with Crippen LogP contribution in [0.4, 0.5) is 0 Å². The number of unbranched alkanes of at least 4 members (excludes halogenated alkanes) is 4. The maximum absolute atomic E-state index is 4.35. The topological polar surface area (TPSA) is 35.6 Å². The van der Waals surface area contributed by atoms with Crippen LogP contribution in [-0.2, 0) is 13.1 Å².